The third-order valence-corrected chi connectivity index (χ3v) is 5.15. The summed E-state index contributed by atoms with van der Waals surface area (Å²) < 4.78 is 5.21. The zero-order valence-corrected chi connectivity index (χ0v) is 13.5. The molecule has 4 aliphatic rings. The lowest BCUT2D eigenvalue weighted by Crippen LogP contribution is -2.44. The van der Waals surface area contributed by atoms with Crippen LogP contribution in [0.3, 0.4) is 0 Å². The second-order valence-corrected chi connectivity index (χ2v) is 8.07. The van der Waals surface area contributed by atoms with Gasteiger partial charge in [-0.1, -0.05) is 0 Å². The minimum Gasteiger partial charge on any atom is -0.477 e. The second kappa shape index (κ2) is 5.28. The SMILES string of the molecule is CC(C)(C)OC(=O)NC(C(=O)O)=C1C2CC3CC(C2)CC1C3. The van der Waals surface area contributed by atoms with Crippen LogP contribution in [-0.2, 0) is 9.53 Å². The fourth-order valence-electron chi connectivity index (χ4n) is 4.75. The Morgan fingerprint density at radius 2 is 1.55 bits per heavy atom. The number of carboxylic acids is 1. The van der Waals surface area contributed by atoms with Crippen molar-refractivity contribution in [2.75, 3.05) is 0 Å². The molecule has 0 unspecified atom stereocenters. The maximum absolute atomic E-state index is 12.0. The molecule has 0 aromatic heterocycles. The van der Waals surface area contributed by atoms with E-state index in [-0.39, 0.29) is 5.70 Å². The maximum atomic E-state index is 12.0. The smallest absolute Gasteiger partial charge is 0.412 e. The zero-order chi connectivity index (χ0) is 16.1. The highest BCUT2D eigenvalue weighted by Crippen LogP contribution is 2.56. The summed E-state index contributed by atoms with van der Waals surface area (Å²) in [6, 6.07) is 0. The second-order valence-electron chi connectivity index (χ2n) is 8.07. The number of alkyl carbamates (subject to hydrolysis) is 1. The van der Waals surface area contributed by atoms with Gasteiger partial charge in [0.15, 0.2) is 0 Å². The Hall–Kier alpha value is -1.52. The van der Waals surface area contributed by atoms with Crippen molar-refractivity contribution in [2.24, 2.45) is 23.7 Å². The van der Waals surface area contributed by atoms with Gasteiger partial charge in [0.1, 0.15) is 11.3 Å². The fourth-order valence-corrected chi connectivity index (χ4v) is 4.75. The molecule has 5 heteroatoms. The molecule has 4 aliphatic carbocycles. The topological polar surface area (TPSA) is 75.6 Å². The molecule has 1 amide bonds. The summed E-state index contributed by atoms with van der Waals surface area (Å²) in [5.41, 5.74) is 0.399. The quantitative estimate of drug-likeness (QED) is 0.767. The summed E-state index contributed by atoms with van der Waals surface area (Å²) >= 11 is 0. The van der Waals surface area contributed by atoms with Gasteiger partial charge in [0.2, 0.25) is 0 Å². The van der Waals surface area contributed by atoms with Crippen molar-refractivity contribution < 1.29 is 19.4 Å². The lowest BCUT2D eigenvalue weighted by atomic mass is 9.54. The first kappa shape index (κ1) is 15.4. The van der Waals surface area contributed by atoms with E-state index in [0.29, 0.717) is 11.8 Å². The Balaban J connectivity index is 1.84. The molecule has 5 nitrogen and oxygen atoms in total. The summed E-state index contributed by atoms with van der Waals surface area (Å²) in [6.45, 7) is 5.30. The van der Waals surface area contributed by atoms with Gasteiger partial charge in [-0.05, 0) is 82.1 Å². The molecule has 0 aliphatic heterocycles. The van der Waals surface area contributed by atoms with E-state index in [9.17, 15) is 14.7 Å². The van der Waals surface area contributed by atoms with Gasteiger partial charge in [0.25, 0.3) is 0 Å². The number of nitrogens with one attached hydrogen (secondary N) is 1. The number of carboxylic acid groups (broad SMARTS) is 1. The van der Waals surface area contributed by atoms with Crippen LogP contribution in [0, 0.1) is 23.7 Å². The van der Waals surface area contributed by atoms with E-state index in [0.717, 1.165) is 43.1 Å². The predicted octanol–water partition coefficient (Wildman–Crippen LogP) is 3.31. The monoisotopic (exact) mass is 307 g/mol. The number of carbonyl (C=O) groups excluding carboxylic acids is 1. The molecule has 0 atom stereocenters. The van der Waals surface area contributed by atoms with Crippen LogP contribution in [-0.4, -0.2) is 22.8 Å². The van der Waals surface area contributed by atoms with E-state index >= 15 is 0 Å². The minimum absolute atomic E-state index is 0.0723. The molecule has 4 saturated carbocycles. The lowest BCUT2D eigenvalue weighted by molar-refractivity contribution is -0.133. The highest BCUT2D eigenvalue weighted by atomic mass is 16.6. The van der Waals surface area contributed by atoms with E-state index in [1.54, 1.807) is 20.8 Å². The minimum atomic E-state index is -1.05. The van der Waals surface area contributed by atoms with Crippen LogP contribution in [0.4, 0.5) is 4.79 Å². The van der Waals surface area contributed by atoms with Gasteiger partial charge in [0, 0.05) is 0 Å². The van der Waals surface area contributed by atoms with E-state index < -0.39 is 17.7 Å². The molecule has 0 aromatic rings. The van der Waals surface area contributed by atoms with Crippen molar-refractivity contribution in [3.63, 3.8) is 0 Å². The molecule has 2 N–H and O–H groups in total. The van der Waals surface area contributed by atoms with Crippen LogP contribution in [0.1, 0.15) is 52.9 Å². The first-order chi connectivity index (χ1) is 10.2. The summed E-state index contributed by atoms with van der Waals surface area (Å²) in [5.74, 6) is 1.12. The van der Waals surface area contributed by atoms with E-state index in [1.807, 2.05) is 0 Å². The highest BCUT2D eigenvalue weighted by Gasteiger charge is 2.47. The molecular formula is C17H25NO4. The van der Waals surface area contributed by atoms with Gasteiger partial charge in [0.05, 0.1) is 0 Å². The summed E-state index contributed by atoms with van der Waals surface area (Å²) in [7, 11) is 0. The van der Waals surface area contributed by atoms with Crippen molar-refractivity contribution >= 4 is 12.1 Å². The number of rotatable bonds is 2. The van der Waals surface area contributed by atoms with E-state index in [2.05, 4.69) is 5.32 Å². The molecule has 4 rings (SSSR count). The van der Waals surface area contributed by atoms with Crippen molar-refractivity contribution in [3.05, 3.63) is 11.3 Å². The summed E-state index contributed by atoms with van der Waals surface area (Å²) in [6.07, 6.45) is 4.95. The molecule has 0 heterocycles. The van der Waals surface area contributed by atoms with Crippen LogP contribution in [0.25, 0.3) is 0 Å². The van der Waals surface area contributed by atoms with Crippen LogP contribution in [0.15, 0.2) is 11.3 Å². The van der Waals surface area contributed by atoms with Gasteiger partial charge in [-0.25, -0.2) is 9.59 Å². The number of hydrogen-bond donors (Lipinski definition) is 2. The number of amides is 1. The van der Waals surface area contributed by atoms with Gasteiger partial charge < -0.3 is 9.84 Å². The van der Waals surface area contributed by atoms with Gasteiger partial charge in [-0.3, -0.25) is 5.32 Å². The van der Waals surface area contributed by atoms with Crippen LogP contribution in [0.5, 0.6) is 0 Å². The standard InChI is InChI=1S/C17H25NO4/c1-17(2,3)22-16(21)18-14(15(19)20)13-11-5-9-4-10(7-11)8-12(13)6-9/h9-12H,4-8H2,1-3H3,(H,18,21)(H,19,20). The molecular weight excluding hydrogens is 282 g/mol. The van der Waals surface area contributed by atoms with E-state index in [1.165, 1.54) is 6.42 Å². The third-order valence-electron chi connectivity index (χ3n) is 5.15. The van der Waals surface area contributed by atoms with Gasteiger partial charge in [-0.2, -0.15) is 0 Å². The van der Waals surface area contributed by atoms with Crippen molar-refractivity contribution in [1.29, 1.82) is 0 Å². The normalized spacial score (nSPS) is 32.8. The largest absolute Gasteiger partial charge is 0.477 e. The average molecular weight is 307 g/mol. The molecule has 122 valence electrons. The molecule has 0 spiro atoms. The molecule has 0 aromatic carbocycles. The zero-order valence-electron chi connectivity index (χ0n) is 13.5. The molecule has 4 fully saturated rings. The fraction of sp³-hybridized carbons (Fsp3) is 0.765. The number of ether oxygens (including phenoxy) is 1. The molecule has 0 saturated heterocycles. The van der Waals surface area contributed by atoms with E-state index in [4.69, 9.17) is 4.74 Å². The predicted molar refractivity (Wildman–Crippen MR) is 81.1 cm³/mol. The van der Waals surface area contributed by atoms with Crippen LogP contribution >= 0.6 is 0 Å². The number of hydrogen-bond acceptors (Lipinski definition) is 3. The summed E-state index contributed by atoms with van der Waals surface area (Å²) in [4.78, 5) is 23.7. The molecule has 22 heavy (non-hydrogen) atoms. The third kappa shape index (κ3) is 2.99. The van der Waals surface area contributed by atoms with Gasteiger partial charge >= 0.3 is 12.1 Å². The van der Waals surface area contributed by atoms with Crippen LogP contribution in [0.2, 0.25) is 0 Å². The first-order valence-electron chi connectivity index (χ1n) is 8.20. The van der Waals surface area contributed by atoms with Crippen LogP contribution < -0.4 is 5.32 Å². The molecule has 0 radical (unpaired) electrons. The Labute approximate surface area is 131 Å². The maximum Gasteiger partial charge on any atom is 0.412 e. The highest BCUT2D eigenvalue weighted by molar-refractivity contribution is 5.92. The Kier molecular flexibility index (Phi) is 3.69. The number of aliphatic carboxylic acids is 1. The average Bonchev–Trinajstić information content (AvgIpc) is 2.33. The van der Waals surface area contributed by atoms with Crippen molar-refractivity contribution in [1.82, 2.24) is 5.32 Å². The number of carbonyl (C=O) groups is 2. The lowest BCUT2D eigenvalue weighted by Gasteiger charge is -2.51. The number of allylic oxidation sites excluding steroid dienone is 1. The molecule has 4 bridgehead atoms. The summed E-state index contributed by atoms with van der Waals surface area (Å²) in [5, 5.41) is 12.1. The first-order valence-corrected chi connectivity index (χ1v) is 8.20. The Bertz CT molecular complexity index is 499. The van der Waals surface area contributed by atoms with Crippen molar-refractivity contribution in [2.45, 2.75) is 58.5 Å². The Morgan fingerprint density at radius 1 is 1.05 bits per heavy atom. The van der Waals surface area contributed by atoms with Gasteiger partial charge in [-0.15, -0.1) is 0 Å². The Morgan fingerprint density at radius 3 is 1.95 bits per heavy atom. The van der Waals surface area contributed by atoms with Crippen molar-refractivity contribution in [3.8, 4) is 0 Å².